The van der Waals surface area contributed by atoms with Crippen molar-refractivity contribution in [1.29, 1.82) is 0 Å². The fourth-order valence-electron chi connectivity index (χ4n) is 3.11. The molecule has 0 bridgehead atoms. The van der Waals surface area contributed by atoms with Gasteiger partial charge in [-0.3, -0.25) is 4.79 Å². The summed E-state index contributed by atoms with van der Waals surface area (Å²) in [6, 6.07) is 5.87. The summed E-state index contributed by atoms with van der Waals surface area (Å²) in [6.45, 7) is 6.16. The summed E-state index contributed by atoms with van der Waals surface area (Å²) < 4.78 is 0. The quantitative estimate of drug-likeness (QED) is 0.891. The van der Waals surface area contributed by atoms with Gasteiger partial charge in [0.2, 0.25) is 0 Å². The third-order valence-corrected chi connectivity index (χ3v) is 4.62. The first-order valence-electron chi connectivity index (χ1n) is 7.47. The number of benzene rings is 1. The predicted molar refractivity (Wildman–Crippen MR) is 80.8 cm³/mol. The number of carbonyl (C=O) groups is 1. The highest BCUT2D eigenvalue weighted by Gasteiger charge is 2.35. The first kappa shape index (κ1) is 15.0. The second kappa shape index (κ2) is 5.96. The SMILES string of the molecule is Cc1cccc(C)c1C(=O)NC1(CO)CCC(C)CC1. The molecule has 1 aromatic rings. The average molecular weight is 275 g/mol. The highest BCUT2D eigenvalue weighted by atomic mass is 16.3. The van der Waals surface area contributed by atoms with Gasteiger partial charge in [0.15, 0.2) is 0 Å². The molecule has 1 aliphatic rings. The number of aliphatic hydroxyl groups is 1. The molecular formula is C17H25NO2. The number of amides is 1. The van der Waals surface area contributed by atoms with Gasteiger partial charge in [0.05, 0.1) is 12.1 Å². The van der Waals surface area contributed by atoms with E-state index in [1.54, 1.807) is 0 Å². The zero-order chi connectivity index (χ0) is 14.8. The van der Waals surface area contributed by atoms with Gasteiger partial charge in [0, 0.05) is 5.56 Å². The number of hydrogen-bond donors (Lipinski definition) is 2. The zero-order valence-corrected chi connectivity index (χ0v) is 12.7. The van der Waals surface area contributed by atoms with E-state index in [0.717, 1.165) is 42.4 Å². The lowest BCUT2D eigenvalue weighted by atomic mass is 9.77. The predicted octanol–water partition coefficient (Wildman–Crippen LogP) is 2.97. The third kappa shape index (κ3) is 3.04. The molecule has 2 N–H and O–H groups in total. The van der Waals surface area contributed by atoms with E-state index in [1.165, 1.54) is 0 Å². The van der Waals surface area contributed by atoms with Crippen LogP contribution >= 0.6 is 0 Å². The van der Waals surface area contributed by atoms with Gasteiger partial charge in [-0.15, -0.1) is 0 Å². The van der Waals surface area contributed by atoms with E-state index in [0.29, 0.717) is 5.92 Å². The Labute approximate surface area is 121 Å². The molecule has 1 amide bonds. The fraction of sp³-hybridized carbons (Fsp3) is 0.588. The lowest BCUT2D eigenvalue weighted by Crippen LogP contribution is -2.53. The smallest absolute Gasteiger partial charge is 0.252 e. The van der Waals surface area contributed by atoms with Gasteiger partial charge in [-0.2, -0.15) is 0 Å². The molecule has 1 saturated carbocycles. The summed E-state index contributed by atoms with van der Waals surface area (Å²) in [6.07, 6.45) is 3.85. The van der Waals surface area contributed by atoms with Gasteiger partial charge in [-0.1, -0.05) is 25.1 Å². The van der Waals surface area contributed by atoms with Crippen molar-refractivity contribution in [2.45, 2.75) is 52.0 Å². The highest BCUT2D eigenvalue weighted by Crippen LogP contribution is 2.32. The van der Waals surface area contributed by atoms with Crippen LogP contribution in [0.1, 0.15) is 54.1 Å². The van der Waals surface area contributed by atoms with Crippen LogP contribution in [0, 0.1) is 19.8 Å². The summed E-state index contributed by atoms with van der Waals surface area (Å²) in [5.74, 6) is 0.635. The molecule has 0 aliphatic heterocycles. The second-order valence-corrected chi connectivity index (χ2v) is 6.34. The molecule has 1 aliphatic carbocycles. The molecule has 20 heavy (non-hydrogen) atoms. The first-order chi connectivity index (χ1) is 9.47. The molecule has 3 heteroatoms. The number of aryl methyl sites for hydroxylation is 2. The van der Waals surface area contributed by atoms with Gasteiger partial charge < -0.3 is 10.4 Å². The lowest BCUT2D eigenvalue weighted by molar-refractivity contribution is 0.0716. The van der Waals surface area contributed by atoms with E-state index in [-0.39, 0.29) is 12.5 Å². The zero-order valence-electron chi connectivity index (χ0n) is 12.7. The average Bonchev–Trinajstić information content (AvgIpc) is 2.41. The monoisotopic (exact) mass is 275 g/mol. The Balaban J connectivity index is 2.18. The molecule has 1 fully saturated rings. The Morgan fingerprint density at radius 1 is 1.30 bits per heavy atom. The molecule has 0 heterocycles. The summed E-state index contributed by atoms with van der Waals surface area (Å²) in [7, 11) is 0. The van der Waals surface area contributed by atoms with E-state index in [2.05, 4.69) is 12.2 Å². The van der Waals surface area contributed by atoms with Crippen molar-refractivity contribution < 1.29 is 9.90 Å². The van der Waals surface area contributed by atoms with Crippen molar-refractivity contribution in [3.05, 3.63) is 34.9 Å². The third-order valence-electron chi connectivity index (χ3n) is 4.62. The molecule has 1 aromatic carbocycles. The highest BCUT2D eigenvalue weighted by molar-refractivity contribution is 5.97. The van der Waals surface area contributed by atoms with Crippen LogP contribution in [0.25, 0.3) is 0 Å². The van der Waals surface area contributed by atoms with E-state index < -0.39 is 5.54 Å². The maximum absolute atomic E-state index is 12.6. The molecule has 0 aromatic heterocycles. The molecule has 0 saturated heterocycles. The van der Waals surface area contributed by atoms with Crippen molar-refractivity contribution in [2.75, 3.05) is 6.61 Å². The van der Waals surface area contributed by atoms with Gasteiger partial charge >= 0.3 is 0 Å². The van der Waals surface area contributed by atoms with Gasteiger partial charge in [0.25, 0.3) is 5.91 Å². The van der Waals surface area contributed by atoms with Crippen LogP contribution < -0.4 is 5.32 Å². The van der Waals surface area contributed by atoms with E-state index in [9.17, 15) is 9.90 Å². The normalized spacial score (nSPS) is 26.3. The minimum Gasteiger partial charge on any atom is -0.394 e. The largest absolute Gasteiger partial charge is 0.394 e. The Morgan fingerprint density at radius 3 is 2.35 bits per heavy atom. The first-order valence-corrected chi connectivity index (χ1v) is 7.47. The van der Waals surface area contributed by atoms with Crippen molar-refractivity contribution in [3.63, 3.8) is 0 Å². The van der Waals surface area contributed by atoms with Crippen LogP contribution in [0.2, 0.25) is 0 Å². The second-order valence-electron chi connectivity index (χ2n) is 6.34. The molecular weight excluding hydrogens is 250 g/mol. The van der Waals surface area contributed by atoms with Crippen molar-refractivity contribution in [2.24, 2.45) is 5.92 Å². The van der Waals surface area contributed by atoms with Crippen LogP contribution in [0.4, 0.5) is 0 Å². The van der Waals surface area contributed by atoms with E-state index in [4.69, 9.17) is 0 Å². The maximum Gasteiger partial charge on any atom is 0.252 e. The van der Waals surface area contributed by atoms with Gasteiger partial charge in [-0.25, -0.2) is 0 Å². The van der Waals surface area contributed by atoms with Gasteiger partial charge in [0.1, 0.15) is 0 Å². The maximum atomic E-state index is 12.6. The number of hydrogen-bond acceptors (Lipinski definition) is 2. The molecule has 0 spiro atoms. The molecule has 3 nitrogen and oxygen atoms in total. The van der Waals surface area contributed by atoms with Crippen molar-refractivity contribution >= 4 is 5.91 Å². The van der Waals surface area contributed by atoms with Crippen molar-refractivity contribution in [1.82, 2.24) is 5.32 Å². The number of rotatable bonds is 3. The minimum atomic E-state index is -0.432. The Hall–Kier alpha value is -1.35. The summed E-state index contributed by atoms with van der Waals surface area (Å²) in [5, 5.41) is 12.9. The van der Waals surface area contributed by atoms with Crippen LogP contribution in [-0.2, 0) is 0 Å². The molecule has 0 atom stereocenters. The lowest BCUT2D eigenvalue weighted by Gasteiger charge is -2.39. The van der Waals surface area contributed by atoms with Crippen LogP contribution in [0.3, 0.4) is 0 Å². The van der Waals surface area contributed by atoms with E-state index >= 15 is 0 Å². The fourth-order valence-corrected chi connectivity index (χ4v) is 3.11. The van der Waals surface area contributed by atoms with Crippen LogP contribution in [0.5, 0.6) is 0 Å². The minimum absolute atomic E-state index is 0.0242. The topological polar surface area (TPSA) is 49.3 Å². The Kier molecular flexibility index (Phi) is 4.48. The number of aliphatic hydroxyl groups excluding tert-OH is 1. The van der Waals surface area contributed by atoms with Gasteiger partial charge in [-0.05, 0) is 56.6 Å². The Bertz CT molecular complexity index is 468. The van der Waals surface area contributed by atoms with Crippen LogP contribution in [0.15, 0.2) is 18.2 Å². The molecule has 0 radical (unpaired) electrons. The Morgan fingerprint density at radius 2 is 1.85 bits per heavy atom. The molecule has 2 rings (SSSR count). The van der Waals surface area contributed by atoms with Crippen molar-refractivity contribution in [3.8, 4) is 0 Å². The summed E-state index contributed by atoms with van der Waals surface area (Å²) in [5.41, 5.74) is 2.29. The summed E-state index contributed by atoms with van der Waals surface area (Å²) in [4.78, 5) is 12.6. The molecule has 110 valence electrons. The van der Waals surface area contributed by atoms with E-state index in [1.807, 2.05) is 32.0 Å². The standard InChI is InChI=1S/C17H25NO2/c1-12-7-9-17(11-19,10-8-12)18-16(20)15-13(2)5-4-6-14(15)3/h4-6,12,19H,7-11H2,1-3H3,(H,18,20). The number of nitrogens with one attached hydrogen (secondary N) is 1. The molecule has 0 unspecified atom stereocenters. The summed E-state index contributed by atoms with van der Waals surface area (Å²) >= 11 is 0. The number of carbonyl (C=O) groups excluding carboxylic acids is 1. The van der Waals surface area contributed by atoms with Crippen LogP contribution in [-0.4, -0.2) is 23.2 Å².